The molecular weight excluding hydrogens is 348 g/mol. The summed E-state index contributed by atoms with van der Waals surface area (Å²) in [6.45, 7) is 0. The van der Waals surface area contributed by atoms with Gasteiger partial charge in [0, 0.05) is 11.3 Å². The molecule has 1 aliphatic carbocycles. The molecule has 1 unspecified atom stereocenters. The van der Waals surface area contributed by atoms with Crippen LogP contribution >= 0.6 is 11.8 Å². The summed E-state index contributed by atoms with van der Waals surface area (Å²) in [5, 5.41) is 13.4. The van der Waals surface area contributed by atoms with E-state index in [1.165, 1.54) is 17.5 Å². The molecule has 0 bridgehead atoms. The van der Waals surface area contributed by atoms with Crippen LogP contribution in [0.25, 0.3) is 5.69 Å². The summed E-state index contributed by atoms with van der Waals surface area (Å²) in [6, 6.07) is 14.2. The zero-order valence-corrected chi connectivity index (χ0v) is 15.6. The minimum atomic E-state index is 0.348. The molecule has 0 fully saturated rings. The van der Waals surface area contributed by atoms with Crippen molar-refractivity contribution in [2.75, 3.05) is 14.2 Å². The quantitative estimate of drug-likeness (QED) is 0.682. The first-order valence-corrected chi connectivity index (χ1v) is 9.43. The molecule has 1 heterocycles. The number of aryl methyl sites for hydroxylation is 1. The van der Waals surface area contributed by atoms with E-state index < -0.39 is 0 Å². The number of ether oxygens (including phenoxy) is 2. The third-order valence-corrected chi connectivity index (χ3v) is 5.86. The van der Waals surface area contributed by atoms with Crippen molar-refractivity contribution >= 4 is 11.8 Å². The van der Waals surface area contributed by atoms with E-state index in [-0.39, 0.29) is 0 Å². The molecule has 0 saturated carbocycles. The SMILES string of the molecule is COc1ccc(OC)c(-n2nnnc2SC2CCCc3ccccc32)c1. The van der Waals surface area contributed by atoms with Gasteiger partial charge in [-0.2, -0.15) is 4.68 Å². The largest absolute Gasteiger partial charge is 0.497 e. The fraction of sp³-hybridized carbons (Fsp3) is 0.316. The highest BCUT2D eigenvalue weighted by atomic mass is 32.2. The Hall–Kier alpha value is -2.54. The molecule has 134 valence electrons. The van der Waals surface area contributed by atoms with Gasteiger partial charge >= 0.3 is 0 Å². The Morgan fingerprint density at radius 2 is 2.00 bits per heavy atom. The van der Waals surface area contributed by atoms with Gasteiger partial charge in [0.25, 0.3) is 0 Å². The Morgan fingerprint density at radius 1 is 1.12 bits per heavy atom. The lowest BCUT2D eigenvalue weighted by molar-refractivity contribution is 0.399. The maximum absolute atomic E-state index is 5.49. The number of fused-ring (bicyclic) bond motifs is 1. The smallest absolute Gasteiger partial charge is 0.214 e. The molecule has 0 spiro atoms. The molecule has 0 N–H and O–H groups in total. The molecule has 6 nitrogen and oxygen atoms in total. The summed E-state index contributed by atoms with van der Waals surface area (Å²) in [6.07, 6.45) is 3.43. The highest BCUT2D eigenvalue weighted by Crippen LogP contribution is 2.43. The predicted molar refractivity (Wildman–Crippen MR) is 100 cm³/mol. The first-order chi connectivity index (χ1) is 12.8. The number of rotatable bonds is 5. The van der Waals surface area contributed by atoms with Crippen LogP contribution in [-0.2, 0) is 6.42 Å². The van der Waals surface area contributed by atoms with Crippen LogP contribution in [0.5, 0.6) is 11.5 Å². The molecule has 0 saturated heterocycles. The summed E-state index contributed by atoms with van der Waals surface area (Å²) < 4.78 is 12.6. The molecule has 26 heavy (non-hydrogen) atoms. The van der Waals surface area contributed by atoms with Crippen LogP contribution in [0, 0.1) is 0 Å². The number of nitrogens with zero attached hydrogens (tertiary/aromatic N) is 4. The Morgan fingerprint density at radius 3 is 2.85 bits per heavy atom. The molecule has 0 radical (unpaired) electrons. The molecule has 1 aliphatic rings. The molecule has 2 aromatic carbocycles. The van der Waals surface area contributed by atoms with Crippen molar-refractivity contribution in [3.63, 3.8) is 0 Å². The lowest BCUT2D eigenvalue weighted by atomic mass is 9.91. The van der Waals surface area contributed by atoms with Gasteiger partial charge in [-0.15, -0.1) is 5.10 Å². The summed E-state index contributed by atoms with van der Waals surface area (Å²) in [7, 11) is 3.28. The summed E-state index contributed by atoms with van der Waals surface area (Å²) in [5.74, 6) is 1.43. The normalized spacial score (nSPS) is 16.2. The van der Waals surface area contributed by atoms with Crippen molar-refractivity contribution < 1.29 is 9.47 Å². The van der Waals surface area contributed by atoms with Crippen LogP contribution in [0.3, 0.4) is 0 Å². The van der Waals surface area contributed by atoms with Gasteiger partial charge in [-0.05, 0) is 52.9 Å². The van der Waals surface area contributed by atoms with Gasteiger partial charge in [-0.1, -0.05) is 36.0 Å². The van der Waals surface area contributed by atoms with Gasteiger partial charge in [-0.25, -0.2) is 0 Å². The first-order valence-electron chi connectivity index (χ1n) is 8.55. The van der Waals surface area contributed by atoms with Crippen LogP contribution < -0.4 is 9.47 Å². The maximum atomic E-state index is 5.49. The molecule has 7 heteroatoms. The van der Waals surface area contributed by atoms with E-state index in [9.17, 15) is 0 Å². The lowest BCUT2D eigenvalue weighted by Crippen LogP contribution is -2.09. The predicted octanol–water partition coefficient (Wildman–Crippen LogP) is 3.85. The van der Waals surface area contributed by atoms with Crippen molar-refractivity contribution in [3.8, 4) is 17.2 Å². The number of hydrogen-bond donors (Lipinski definition) is 0. The van der Waals surface area contributed by atoms with Gasteiger partial charge in [0.1, 0.15) is 17.2 Å². The number of hydrogen-bond acceptors (Lipinski definition) is 6. The van der Waals surface area contributed by atoms with E-state index >= 15 is 0 Å². The van der Waals surface area contributed by atoms with Gasteiger partial charge in [0.05, 0.1) is 14.2 Å². The summed E-state index contributed by atoms with van der Waals surface area (Å²) in [4.78, 5) is 0. The van der Waals surface area contributed by atoms with E-state index in [0.29, 0.717) is 11.0 Å². The summed E-state index contributed by atoms with van der Waals surface area (Å²) in [5.41, 5.74) is 3.58. The molecule has 1 aromatic heterocycles. The van der Waals surface area contributed by atoms with Crippen molar-refractivity contribution in [1.29, 1.82) is 0 Å². The van der Waals surface area contributed by atoms with Gasteiger partial charge in [-0.3, -0.25) is 0 Å². The molecule has 3 aromatic rings. The Balaban J connectivity index is 1.69. The van der Waals surface area contributed by atoms with Crippen molar-refractivity contribution in [1.82, 2.24) is 20.2 Å². The fourth-order valence-electron chi connectivity index (χ4n) is 3.32. The summed E-state index contributed by atoms with van der Waals surface area (Å²) >= 11 is 1.70. The van der Waals surface area contributed by atoms with Crippen LogP contribution in [0.2, 0.25) is 0 Å². The number of thioether (sulfide) groups is 1. The number of methoxy groups -OCH3 is 2. The molecular formula is C19H20N4O2S. The lowest BCUT2D eigenvalue weighted by Gasteiger charge is -2.24. The Kier molecular flexibility index (Phi) is 4.79. The minimum absolute atomic E-state index is 0.348. The van der Waals surface area contributed by atoms with Gasteiger partial charge in [0.15, 0.2) is 0 Å². The van der Waals surface area contributed by atoms with Crippen molar-refractivity contribution in [3.05, 3.63) is 53.6 Å². The van der Waals surface area contributed by atoms with Crippen LogP contribution in [0.15, 0.2) is 47.6 Å². The average molecular weight is 368 g/mol. The fourth-order valence-corrected chi connectivity index (χ4v) is 4.54. The van der Waals surface area contributed by atoms with Gasteiger partial charge in [0.2, 0.25) is 5.16 Å². The monoisotopic (exact) mass is 368 g/mol. The highest BCUT2D eigenvalue weighted by Gasteiger charge is 2.24. The molecule has 1 atom stereocenters. The highest BCUT2D eigenvalue weighted by molar-refractivity contribution is 7.99. The standard InChI is InChI=1S/C19H20N4O2S/c1-24-14-10-11-17(25-2)16(12-14)23-19(20-21-22-23)26-18-9-5-7-13-6-3-4-8-15(13)18/h3-4,6,8,10-12,18H,5,7,9H2,1-2H3. The maximum Gasteiger partial charge on any atom is 0.214 e. The average Bonchev–Trinajstić information content (AvgIpc) is 3.15. The number of benzene rings is 2. The zero-order chi connectivity index (χ0) is 17.9. The third-order valence-electron chi connectivity index (χ3n) is 4.62. The van der Waals surface area contributed by atoms with Crippen molar-refractivity contribution in [2.24, 2.45) is 0 Å². The van der Waals surface area contributed by atoms with E-state index in [1.54, 1.807) is 30.7 Å². The minimum Gasteiger partial charge on any atom is -0.497 e. The zero-order valence-electron chi connectivity index (χ0n) is 14.8. The second-order valence-electron chi connectivity index (χ2n) is 6.11. The van der Waals surface area contributed by atoms with Crippen LogP contribution in [0.1, 0.15) is 29.2 Å². The Labute approximate surface area is 156 Å². The topological polar surface area (TPSA) is 62.1 Å². The van der Waals surface area contributed by atoms with E-state index in [4.69, 9.17) is 9.47 Å². The third kappa shape index (κ3) is 3.14. The first kappa shape index (κ1) is 16.9. The van der Waals surface area contributed by atoms with E-state index in [0.717, 1.165) is 29.4 Å². The van der Waals surface area contributed by atoms with Crippen molar-refractivity contribution in [2.45, 2.75) is 29.7 Å². The van der Waals surface area contributed by atoms with Crippen LogP contribution in [-0.4, -0.2) is 34.4 Å². The van der Waals surface area contributed by atoms with Gasteiger partial charge < -0.3 is 9.47 Å². The number of aromatic nitrogens is 4. The van der Waals surface area contributed by atoms with Crippen LogP contribution in [0.4, 0.5) is 0 Å². The van der Waals surface area contributed by atoms with E-state index in [1.807, 2.05) is 18.2 Å². The molecule has 4 rings (SSSR count). The number of tetrazole rings is 1. The second-order valence-corrected chi connectivity index (χ2v) is 7.28. The second kappa shape index (κ2) is 7.37. The Bertz CT molecular complexity index is 912. The molecule has 0 aliphatic heterocycles. The van der Waals surface area contributed by atoms with E-state index in [2.05, 4.69) is 39.8 Å². The molecule has 0 amide bonds.